The van der Waals surface area contributed by atoms with Crippen LogP contribution in [0.2, 0.25) is 0 Å². The average molecular weight is 409 g/mol. The van der Waals surface area contributed by atoms with Gasteiger partial charge in [-0.2, -0.15) is 0 Å². The quantitative estimate of drug-likeness (QED) is 0.137. The molecule has 0 aliphatic heterocycles. The molecule has 0 unspecified atom stereocenters. The van der Waals surface area contributed by atoms with E-state index in [1.807, 2.05) is 19.1 Å². The third-order valence-electron chi connectivity index (χ3n) is 4.10. The van der Waals surface area contributed by atoms with E-state index in [4.69, 9.17) is 4.74 Å². The molecule has 7 nitrogen and oxygen atoms in total. The molecule has 3 aromatic rings. The van der Waals surface area contributed by atoms with Crippen LogP contribution >= 0.6 is 11.8 Å². The lowest BCUT2D eigenvalue weighted by atomic mass is 10.2. The number of thioether (sulfide) groups is 1. The molecule has 0 radical (unpaired) electrons. The Labute approximate surface area is 172 Å². The van der Waals surface area contributed by atoms with Gasteiger partial charge < -0.3 is 9.53 Å². The number of fused-ring (bicyclic) bond motifs is 1. The summed E-state index contributed by atoms with van der Waals surface area (Å²) in [4.78, 5) is 30.2. The highest BCUT2D eigenvalue weighted by atomic mass is 32.2. The lowest BCUT2D eigenvalue weighted by Crippen LogP contribution is -2.01. The molecule has 0 atom stereocenters. The SMILES string of the molecule is CN=C(SCCC=O)c1ccc2cc(Oc3cc(C)ccc3[N+](=O)[O-])ccc2n1. The van der Waals surface area contributed by atoms with E-state index in [9.17, 15) is 14.9 Å². The zero-order chi connectivity index (χ0) is 20.8. The van der Waals surface area contributed by atoms with Crippen molar-refractivity contribution in [2.45, 2.75) is 13.3 Å². The van der Waals surface area contributed by atoms with Crippen molar-refractivity contribution < 1.29 is 14.5 Å². The maximum Gasteiger partial charge on any atom is 0.311 e. The highest BCUT2D eigenvalue weighted by Gasteiger charge is 2.16. The maximum absolute atomic E-state index is 11.2. The molecule has 2 aromatic carbocycles. The summed E-state index contributed by atoms with van der Waals surface area (Å²) in [6.07, 6.45) is 1.34. The second kappa shape index (κ2) is 9.29. The summed E-state index contributed by atoms with van der Waals surface area (Å²) in [6, 6.07) is 13.8. The van der Waals surface area contributed by atoms with Gasteiger partial charge in [-0.1, -0.05) is 12.1 Å². The first-order valence-electron chi connectivity index (χ1n) is 8.89. The number of benzene rings is 2. The molecule has 3 rings (SSSR count). The Balaban J connectivity index is 1.87. The summed E-state index contributed by atoms with van der Waals surface area (Å²) in [6.45, 7) is 1.85. The van der Waals surface area contributed by atoms with Crippen LogP contribution in [0.3, 0.4) is 0 Å². The van der Waals surface area contributed by atoms with Gasteiger partial charge in [0.1, 0.15) is 17.1 Å². The number of hydrogen-bond acceptors (Lipinski definition) is 7. The Morgan fingerprint density at radius 3 is 2.79 bits per heavy atom. The van der Waals surface area contributed by atoms with Gasteiger partial charge in [0, 0.05) is 30.7 Å². The Morgan fingerprint density at radius 1 is 1.24 bits per heavy atom. The van der Waals surface area contributed by atoms with Gasteiger partial charge in [0.05, 0.1) is 16.1 Å². The Bertz CT molecular complexity index is 1100. The van der Waals surface area contributed by atoms with Gasteiger partial charge in [-0.25, -0.2) is 4.98 Å². The number of ether oxygens (including phenoxy) is 1. The van der Waals surface area contributed by atoms with Gasteiger partial charge in [-0.3, -0.25) is 15.1 Å². The molecule has 0 aliphatic carbocycles. The number of nitro groups is 1. The van der Waals surface area contributed by atoms with Gasteiger partial charge in [0.15, 0.2) is 0 Å². The molecule has 0 fully saturated rings. The van der Waals surface area contributed by atoms with Crippen LogP contribution in [0.4, 0.5) is 5.69 Å². The first kappa shape index (κ1) is 20.5. The van der Waals surface area contributed by atoms with Crippen LogP contribution in [-0.4, -0.2) is 34.0 Å². The van der Waals surface area contributed by atoms with E-state index in [0.29, 0.717) is 17.9 Å². The van der Waals surface area contributed by atoms with Crippen molar-refractivity contribution in [1.82, 2.24) is 4.98 Å². The molecular formula is C21H19N3O4S. The zero-order valence-corrected chi connectivity index (χ0v) is 16.8. The van der Waals surface area contributed by atoms with E-state index in [0.717, 1.165) is 33.5 Å². The highest BCUT2D eigenvalue weighted by molar-refractivity contribution is 8.14. The third kappa shape index (κ3) is 4.97. The minimum absolute atomic E-state index is 0.0830. The lowest BCUT2D eigenvalue weighted by Gasteiger charge is -2.09. The molecule has 0 aliphatic rings. The number of aldehydes is 1. The fraction of sp³-hybridized carbons (Fsp3) is 0.190. The molecular weight excluding hydrogens is 390 g/mol. The Morgan fingerprint density at radius 2 is 2.07 bits per heavy atom. The van der Waals surface area contributed by atoms with Crippen LogP contribution in [0.15, 0.2) is 53.5 Å². The smallest absolute Gasteiger partial charge is 0.311 e. The third-order valence-corrected chi connectivity index (χ3v) is 5.20. The zero-order valence-electron chi connectivity index (χ0n) is 16.0. The van der Waals surface area contributed by atoms with Crippen LogP contribution in [0.25, 0.3) is 10.9 Å². The fourth-order valence-corrected chi connectivity index (χ4v) is 3.52. The number of pyridine rings is 1. The van der Waals surface area contributed by atoms with Gasteiger partial charge in [0.2, 0.25) is 5.75 Å². The molecule has 1 aromatic heterocycles. The number of carbonyl (C=O) groups excluding carboxylic acids is 1. The maximum atomic E-state index is 11.2. The molecule has 8 heteroatoms. The molecule has 0 spiro atoms. The standard InChI is InChI=1S/C21H19N3O4S/c1-14-4-9-19(24(26)27)20(12-14)28-16-6-8-17-15(13-16)5-7-18(23-17)21(22-2)29-11-3-10-25/h4-10,12-13H,3,11H2,1-2H3. The second-order valence-corrected chi connectivity index (χ2v) is 7.30. The average Bonchev–Trinajstić information content (AvgIpc) is 2.71. The molecule has 0 amide bonds. The molecule has 0 saturated carbocycles. The second-order valence-electron chi connectivity index (χ2n) is 6.21. The lowest BCUT2D eigenvalue weighted by molar-refractivity contribution is -0.385. The van der Waals surface area contributed by atoms with E-state index in [1.54, 1.807) is 37.4 Å². The first-order chi connectivity index (χ1) is 14.0. The van der Waals surface area contributed by atoms with Gasteiger partial charge in [-0.15, -0.1) is 11.8 Å². The summed E-state index contributed by atoms with van der Waals surface area (Å²) in [5, 5.41) is 12.9. The van der Waals surface area contributed by atoms with Gasteiger partial charge in [-0.05, 0) is 42.8 Å². The van der Waals surface area contributed by atoms with Crippen molar-refractivity contribution in [1.29, 1.82) is 0 Å². The van der Waals surface area contributed by atoms with Gasteiger partial charge >= 0.3 is 5.69 Å². The van der Waals surface area contributed by atoms with Gasteiger partial charge in [0.25, 0.3) is 0 Å². The molecule has 1 heterocycles. The van der Waals surface area contributed by atoms with Crippen LogP contribution in [0.5, 0.6) is 11.5 Å². The van der Waals surface area contributed by atoms with Crippen molar-refractivity contribution in [3.8, 4) is 11.5 Å². The predicted molar refractivity (Wildman–Crippen MR) is 115 cm³/mol. The van der Waals surface area contributed by atoms with Crippen LogP contribution in [0, 0.1) is 17.0 Å². The fourth-order valence-electron chi connectivity index (χ4n) is 2.72. The number of aliphatic imine (C=N–C) groups is 1. The van der Waals surface area contributed by atoms with Crippen molar-refractivity contribution in [2.75, 3.05) is 12.8 Å². The summed E-state index contributed by atoms with van der Waals surface area (Å²) in [5.41, 5.74) is 2.28. The van der Waals surface area contributed by atoms with Crippen molar-refractivity contribution >= 4 is 39.7 Å². The van der Waals surface area contributed by atoms with Crippen LogP contribution in [-0.2, 0) is 4.79 Å². The predicted octanol–water partition coefficient (Wildman–Crippen LogP) is 4.94. The minimum atomic E-state index is -0.461. The Kier molecular flexibility index (Phi) is 6.56. The number of carbonyl (C=O) groups is 1. The molecule has 0 N–H and O–H groups in total. The van der Waals surface area contributed by atoms with E-state index in [2.05, 4.69) is 9.98 Å². The summed E-state index contributed by atoms with van der Waals surface area (Å²) < 4.78 is 5.79. The summed E-state index contributed by atoms with van der Waals surface area (Å²) in [5.74, 6) is 1.34. The number of rotatable bonds is 7. The largest absolute Gasteiger partial charge is 0.450 e. The molecule has 148 valence electrons. The number of aryl methyl sites for hydroxylation is 1. The monoisotopic (exact) mass is 409 g/mol. The summed E-state index contributed by atoms with van der Waals surface area (Å²) in [7, 11) is 1.70. The van der Waals surface area contributed by atoms with E-state index >= 15 is 0 Å². The first-order valence-corrected chi connectivity index (χ1v) is 9.87. The highest BCUT2D eigenvalue weighted by Crippen LogP contribution is 2.33. The number of nitro benzene ring substituents is 1. The molecule has 0 bridgehead atoms. The van der Waals surface area contributed by atoms with Crippen molar-refractivity contribution in [3.05, 3.63) is 69.9 Å². The van der Waals surface area contributed by atoms with Crippen LogP contribution < -0.4 is 4.74 Å². The van der Waals surface area contributed by atoms with Crippen LogP contribution in [0.1, 0.15) is 17.7 Å². The number of aromatic nitrogens is 1. The minimum Gasteiger partial charge on any atom is -0.450 e. The van der Waals surface area contributed by atoms with E-state index in [-0.39, 0.29) is 11.4 Å². The van der Waals surface area contributed by atoms with Crippen molar-refractivity contribution in [3.63, 3.8) is 0 Å². The molecule has 0 saturated heterocycles. The molecule has 29 heavy (non-hydrogen) atoms. The topological polar surface area (TPSA) is 94.7 Å². The number of nitrogens with zero attached hydrogens (tertiary/aromatic N) is 3. The van der Waals surface area contributed by atoms with E-state index in [1.165, 1.54) is 17.8 Å². The number of hydrogen-bond donors (Lipinski definition) is 0. The normalized spacial score (nSPS) is 11.4. The van der Waals surface area contributed by atoms with E-state index < -0.39 is 4.92 Å². The Hall–Kier alpha value is -3.26. The van der Waals surface area contributed by atoms with Crippen molar-refractivity contribution in [2.24, 2.45) is 4.99 Å². The summed E-state index contributed by atoms with van der Waals surface area (Å²) >= 11 is 1.49.